The van der Waals surface area contributed by atoms with Crippen molar-refractivity contribution in [3.63, 3.8) is 0 Å². The first kappa shape index (κ1) is 25.4. The topological polar surface area (TPSA) is 26.3 Å². The Balaban J connectivity index is 1.26. The molecule has 8 rings (SSSR count). The predicted molar refractivity (Wildman–Crippen MR) is 177 cm³/mol. The van der Waals surface area contributed by atoms with Crippen LogP contribution in [0.25, 0.3) is 66.1 Å². The Bertz CT molecular complexity index is 2110. The molecule has 42 heavy (non-hydrogen) atoms. The van der Waals surface area contributed by atoms with E-state index in [-0.39, 0.29) is 0 Å². The van der Waals surface area contributed by atoms with Crippen molar-refractivity contribution < 1.29 is 8.83 Å². The molecule has 0 aromatic heterocycles. The maximum Gasteiger partial charge on any atom is 0.136 e. The van der Waals surface area contributed by atoms with Gasteiger partial charge in [0, 0.05) is 27.8 Å². The third kappa shape index (κ3) is 4.16. The van der Waals surface area contributed by atoms with Crippen molar-refractivity contribution in [3.8, 4) is 22.3 Å². The van der Waals surface area contributed by atoms with E-state index in [1.165, 1.54) is 38.6 Å². The van der Waals surface area contributed by atoms with Crippen molar-refractivity contribution in [2.45, 2.75) is 52.9 Å². The Morgan fingerprint density at radius 2 is 1.29 bits per heavy atom. The normalized spacial score (nSPS) is 16.0. The van der Waals surface area contributed by atoms with Gasteiger partial charge in [-0.25, -0.2) is 0 Å². The van der Waals surface area contributed by atoms with E-state index in [4.69, 9.17) is 8.83 Å². The zero-order valence-corrected chi connectivity index (χ0v) is 24.8. The SMILES string of the molecule is CC(C)CC1=CCC(c2cc3ccc4oc5cc(-c6ccc(CC(C)C)cc6)cc6ccc7oc(c2)c3c4-c7c65)C=C1. The molecular weight excluding hydrogens is 512 g/mol. The Morgan fingerprint density at radius 3 is 1.90 bits per heavy atom. The van der Waals surface area contributed by atoms with E-state index < -0.39 is 0 Å². The first-order valence-electron chi connectivity index (χ1n) is 15.5. The van der Waals surface area contributed by atoms with Gasteiger partial charge in [0.15, 0.2) is 0 Å². The second-order valence-corrected chi connectivity index (χ2v) is 13.1. The van der Waals surface area contributed by atoms with Crippen molar-refractivity contribution in [2.24, 2.45) is 11.8 Å². The molecule has 208 valence electrons. The molecule has 0 amide bonds. The molecule has 1 atom stereocenters. The molecule has 2 heteroatoms. The number of hydrogen-bond acceptors (Lipinski definition) is 2. The van der Waals surface area contributed by atoms with Gasteiger partial charge in [0.2, 0.25) is 0 Å². The van der Waals surface area contributed by atoms with E-state index in [2.05, 4.69) is 119 Å². The molecule has 5 aromatic carbocycles. The second kappa shape index (κ2) is 9.63. The first-order valence-corrected chi connectivity index (χ1v) is 15.5. The molecule has 2 nitrogen and oxygen atoms in total. The monoisotopic (exact) mass is 548 g/mol. The average Bonchev–Trinajstić information content (AvgIpc) is 2.98. The predicted octanol–water partition coefficient (Wildman–Crippen LogP) is 11.9. The van der Waals surface area contributed by atoms with Crippen molar-refractivity contribution in [1.29, 1.82) is 0 Å². The minimum atomic E-state index is 0.361. The van der Waals surface area contributed by atoms with Gasteiger partial charge >= 0.3 is 0 Å². The summed E-state index contributed by atoms with van der Waals surface area (Å²) in [6, 6.07) is 26.8. The van der Waals surface area contributed by atoms with E-state index in [1.807, 2.05) is 0 Å². The molecule has 0 radical (unpaired) electrons. The Labute approximate surface area is 247 Å². The fraction of sp³-hybridized carbons (Fsp3) is 0.250. The van der Waals surface area contributed by atoms with Crippen LogP contribution in [0.1, 0.15) is 57.6 Å². The minimum absolute atomic E-state index is 0.361. The van der Waals surface area contributed by atoms with E-state index in [1.54, 1.807) is 0 Å². The highest BCUT2D eigenvalue weighted by Gasteiger charge is 2.26. The zero-order chi connectivity index (χ0) is 28.5. The van der Waals surface area contributed by atoms with Crippen LogP contribution in [0.5, 0.6) is 0 Å². The molecule has 1 aliphatic carbocycles. The largest absolute Gasteiger partial charge is 0.456 e. The lowest BCUT2D eigenvalue weighted by molar-refractivity contribution is 0.642. The summed E-state index contributed by atoms with van der Waals surface area (Å²) in [4.78, 5) is 0. The molecule has 0 spiro atoms. The van der Waals surface area contributed by atoms with Crippen LogP contribution >= 0.6 is 0 Å². The van der Waals surface area contributed by atoms with Gasteiger partial charge in [-0.3, -0.25) is 0 Å². The van der Waals surface area contributed by atoms with Crippen LogP contribution in [-0.2, 0) is 6.42 Å². The van der Waals surface area contributed by atoms with Crippen LogP contribution in [0.3, 0.4) is 0 Å². The molecule has 1 unspecified atom stereocenters. The molecule has 2 heterocycles. The molecule has 0 saturated carbocycles. The van der Waals surface area contributed by atoms with E-state index >= 15 is 0 Å². The molecule has 0 saturated heterocycles. The highest BCUT2D eigenvalue weighted by atomic mass is 16.3. The summed E-state index contributed by atoms with van der Waals surface area (Å²) in [5.74, 6) is 1.68. The summed E-state index contributed by atoms with van der Waals surface area (Å²) in [5.41, 5.74) is 12.5. The van der Waals surface area contributed by atoms with Gasteiger partial charge in [0.25, 0.3) is 0 Å². The summed E-state index contributed by atoms with van der Waals surface area (Å²) < 4.78 is 13.4. The van der Waals surface area contributed by atoms with Crippen LogP contribution in [0.2, 0.25) is 0 Å². The first-order chi connectivity index (χ1) is 20.4. The highest BCUT2D eigenvalue weighted by molar-refractivity contribution is 6.23. The summed E-state index contributed by atoms with van der Waals surface area (Å²) in [6.45, 7) is 9.10. The van der Waals surface area contributed by atoms with Crippen LogP contribution in [0.15, 0.2) is 105 Å². The van der Waals surface area contributed by atoms with Crippen LogP contribution in [0.4, 0.5) is 0 Å². The summed E-state index contributed by atoms with van der Waals surface area (Å²) in [6.07, 6.45) is 10.4. The summed E-state index contributed by atoms with van der Waals surface area (Å²) in [7, 11) is 0. The number of benzene rings is 5. The Hall–Kier alpha value is -4.30. The highest BCUT2D eigenvalue weighted by Crippen LogP contribution is 2.49. The van der Waals surface area contributed by atoms with Crippen molar-refractivity contribution >= 4 is 43.9 Å². The molecule has 0 N–H and O–H groups in total. The molecule has 2 aliphatic heterocycles. The summed E-state index contributed by atoms with van der Waals surface area (Å²) in [5, 5.41) is 4.68. The van der Waals surface area contributed by atoms with Gasteiger partial charge in [-0.1, -0.05) is 94.0 Å². The molecule has 3 aliphatic rings. The van der Waals surface area contributed by atoms with E-state index in [0.29, 0.717) is 17.8 Å². The average molecular weight is 549 g/mol. The maximum absolute atomic E-state index is 6.71. The van der Waals surface area contributed by atoms with Crippen molar-refractivity contribution in [2.75, 3.05) is 0 Å². The Kier molecular flexibility index (Phi) is 5.83. The quantitative estimate of drug-likeness (QED) is 0.153. The third-order valence-electron chi connectivity index (χ3n) is 8.98. The lowest BCUT2D eigenvalue weighted by Crippen LogP contribution is -2.01. The van der Waals surface area contributed by atoms with E-state index in [9.17, 15) is 0 Å². The van der Waals surface area contributed by atoms with Gasteiger partial charge in [-0.2, -0.15) is 0 Å². The summed E-state index contributed by atoms with van der Waals surface area (Å²) >= 11 is 0. The van der Waals surface area contributed by atoms with Crippen molar-refractivity contribution in [1.82, 2.24) is 0 Å². The fourth-order valence-electron chi connectivity index (χ4n) is 7.12. The molecule has 0 bridgehead atoms. The fourth-order valence-corrected chi connectivity index (χ4v) is 7.12. The maximum atomic E-state index is 6.71. The second-order valence-electron chi connectivity index (χ2n) is 13.1. The molecule has 0 fully saturated rings. The van der Waals surface area contributed by atoms with Gasteiger partial charge in [0.05, 0.1) is 0 Å². The van der Waals surface area contributed by atoms with Crippen molar-refractivity contribution in [3.05, 3.63) is 108 Å². The van der Waals surface area contributed by atoms with Crippen LogP contribution < -0.4 is 0 Å². The number of hydrogen-bond donors (Lipinski definition) is 0. The molecular formula is C40H36O2. The van der Waals surface area contributed by atoms with E-state index in [0.717, 1.165) is 63.5 Å². The lowest BCUT2D eigenvalue weighted by Gasteiger charge is -2.22. The van der Waals surface area contributed by atoms with Gasteiger partial charge < -0.3 is 8.83 Å². The zero-order valence-electron chi connectivity index (χ0n) is 24.8. The van der Waals surface area contributed by atoms with Gasteiger partial charge in [-0.05, 0) is 94.5 Å². The van der Waals surface area contributed by atoms with Gasteiger partial charge in [-0.15, -0.1) is 0 Å². The van der Waals surface area contributed by atoms with Crippen LogP contribution in [0, 0.1) is 11.8 Å². The lowest BCUT2D eigenvalue weighted by atomic mass is 9.85. The smallest absolute Gasteiger partial charge is 0.136 e. The standard InChI is InChI=1S/C40H36O2/c1-23(2)17-25-5-9-27(10-6-25)31-19-29-13-15-34-39-37(29)35(21-31)41-33-16-14-30-20-32(22-36(42-34)38(30)40(33)39)28-11-7-26(8-12-28)18-24(3)4/h5-11,13-16,19-24,28H,12,17-18H2,1-4H3. The molecule has 5 aromatic rings. The van der Waals surface area contributed by atoms with Gasteiger partial charge in [0.1, 0.15) is 22.3 Å². The number of rotatable bonds is 6. The third-order valence-corrected chi connectivity index (χ3v) is 8.98. The minimum Gasteiger partial charge on any atom is -0.456 e. The van der Waals surface area contributed by atoms with Crippen LogP contribution in [-0.4, -0.2) is 0 Å². The Morgan fingerprint density at radius 1 is 0.643 bits per heavy atom. The number of allylic oxidation sites excluding steroid dienone is 4.